The zero-order valence-electron chi connectivity index (χ0n) is 11.1. The average molecular weight is 353 g/mol. The molecule has 0 aliphatic carbocycles. The molecule has 0 heterocycles. The maximum absolute atomic E-state index is 13.1. The van der Waals surface area contributed by atoms with Gasteiger partial charge in [0.2, 0.25) is 0 Å². The van der Waals surface area contributed by atoms with Crippen LogP contribution in [-0.2, 0) is 12.4 Å². The first-order valence-electron chi connectivity index (χ1n) is 6.09. The summed E-state index contributed by atoms with van der Waals surface area (Å²) in [6, 6.07) is 5.97. The smallest absolute Gasteiger partial charge is 0.276 e. The first kappa shape index (κ1) is 17.3. The second-order valence-electron chi connectivity index (χ2n) is 4.58. The monoisotopic (exact) mass is 352 g/mol. The molecule has 0 amide bonds. The molecule has 1 nitrogen and oxygen atoms in total. The third kappa shape index (κ3) is 3.67. The highest BCUT2D eigenvalue weighted by Crippen LogP contribution is 2.41. The summed E-state index contributed by atoms with van der Waals surface area (Å²) < 4.78 is 77.7. The molecule has 0 aliphatic rings. The summed E-state index contributed by atoms with van der Waals surface area (Å²) in [6.45, 7) is 0. The highest BCUT2D eigenvalue weighted by atomic mass is 35.5. The Morgan fingerprint density at radius 2 is 1.48 bits per heavy atom. The van der Waals surface area contributed by atoms with E-state index in [1.165, 1.54) is 0 Å². The molecule has 0 N–H and O–H groups in total. The molecule has 2 rings (SSSR count). The molecule has 2 aromatic rings. The van der Waals surface area contributed by atoms with Crippen molar-refractivity contribution in [3.8, 4) is 11.1 Å². The first-order chi connectivity index (χ1) is 10.5. The molecular weight excluding hydrogens is 346 g/mol. The molecule has 122 valence electrons. The van der Waals surface area contributed by atoms with Crippen molar-refractivity contribution >= 4 is 16.8 Å². The number of rotatable bonds is 2. The normalized spacial score (nSPS) is 12.3. The summed E-state index contributed by atoms with van der Waals surface area (Å²) in [5.74, 6) is 0. The molecule has 0 atom stereocenters. The van der Waals surface area contributed by atoms with E-state index in [4.69, 9.17) is 11.6 Å². The number of carbonyl (C=O) groups is 1. The first-order valence-corrected chi connectivity index (χ1v) is 6.47. The van der Waals surface area contributed by atoms with Crippen LogP contribution in [0.2, 0.25) is 0 Å². The van der Waals surface area contributed by atoms with E-state index in [1.807, 2.05) is 0 Å². The molecule has 0 fully saturated rings. The van der Waals surface area contributed by atoms with E-state index in [9.17, 15) is 31.1 Å². The maximum atomic E-state index is 13.1. The van der Waals surface area contributed by atoms with Gasteiger partial charge < -0.3 is 0 Å². The Bertz CT molecular complexity index is 748. The zero-order valence-corrected chi connectivity index (χ0v) is 11.9. The molecule has 8 heteroatoms. The SMILES string of the molecule is O=C(Cl)c1cccc(C(F)(F)F)c1-c1cccc(C(F)(F)F)c1. The summed E-state index contributed by atoms with van der Waals surface area (Å²) >= 11 is 5.28. The Kier molecular flexibility index (Phi) is 4.43. The van der Waals surface area contributed by atoms with E-state index < -0.39 is 45.4 Å². The van der Waals surface area contributed by atoms with Crippen LogP contribution >= 0.6 is 11.6 Å². The summed E-state index contributed by atoms with van der Waals surface area (Å²) in [5, 5.41) is -1.19. The number of alkyl halides is 6. The van der Waals surface area contributed by atoms with E-state index in [0.717, 1.165) is 30.3 Å². The third-order valence-electron chi connectivity index (χ3n) is 3.06. The van der Waals surface area contributed by atoms with Gasteiger partial charge in [0.15, 0.2) is 0 Å². The van der Waals surface area contributed by atoms with Crippen LogP contribution in [-0.4, -0.2) is 5.24 Å². The van der Waals surface area contributed by atoms with Gasteiger partial charge in [0, 0.05) is 11.1 Å². The van der Waals surface area contributed by atoms with Gasteiger partial charge in [-0.2, -0.15) is 26.3 Å². The second kappa shape index (κ2) is 5.88. The van der Waals surface area contributed by atoms with E-state index in [1.54, 1.807) is 0 Å². The number of hydrogen-bond donors (Lipinski definition) is 0. The Balaban J connectivity index is 2.79. The van der Waals surface area contributed by atoms with Crippen LogP contribution in [0.5, 0.6) is 0 Å². The molecule has 0 bridgehead atoms. The van der Waals surface area contributed by atoms with Gasteiger partial charge >= 0.3 is 12.4 Å². The predicted octanol–water partition coefficient (Wildman–Crippen LogP) is 5.77. The van der Waals surface area contributed by atoms with Crippen LogP contribution in [0.3, 0.4) is 0 Å². The van der Waals surface area contributed by atoms with E-state index in [2.05, 4.69) is 0 Å². The lowest BCUT2D eigenvalue weighted by Crippen LogP contribution is -2.11. The van der Waals surface area contributed by atoms with E-state index in [-0.39, 0.29) is 0 Å². The topological polar surface area (TPSA) is 17.1 Å². The number of halogens is 7. The van der Waals surface area contributed by atoms with Gasteiger partial charge in [-0.15, -0.1) is 0 Å². The van der Waals surface area contributed by atoms with Gasteiger partial charge in [-0.05, 0) is 41.4 Å². The molecule has 0 aliphatic heterocycles. The Morgan fingerprint density at radius 3 is 2.00 bits per heavy atom. The Hall–Kier alpha value is -2.02. The minimum absolute atomic E-state index is 0.392. The molecule has 23 heavy (non-hydrogen) atoms. The molecule has 0 saturated heterocycles. The molecule has 0 spiro atoms. The fourth-order valence-electron chi connectivity index (χ4n) is 2.11. The minimum Gasteiger partial charge on any atom is -0.276 e. The molecular formula is C15H7ClF6O. The molecule has 0 aromatic heterocycles. The highest BCUT2D eigenvalue weighted by molar-refractivity contribution is 6.68. The number of benzene rings is 2. The van der Waals surface area contributed by atoms with Crippen molar-refractivity contribution in [2.24, 2.45) is 0 Å². The minimum atomic E-state index is -4.86. The van der Waals surface area contributed by atoms with Gasteiger partial charge in [0.25, 0.3) is 5.24 Å². The van der Waals surface area contributed by atoms with E-state index in [0.29, 0.717) is 12.1 Å². The summed E-state index contributed by atoms with van der Waals surface area (Å²) in [5.41, 5.74) is -3.94. The van der Waals surface area contributed by atoms with Gasteiger partial charge in [0.05, 0.1) is 11.1 Å². The van der Waals surface area contributed by atoms with Crippen molar-refractivity contribution in [2.45, 2.75) is 12.4 Å². The Labute approximate surface area is 131 Å². The fraction of sp³-hybridized carbons (Fsp3) is 0.133. The molecule has 2 aromatic carbocycles. The molecule has 0 unspecified atom stereocenters. The van der Waals surface area contributed by atoms with Crippen molar-refractivity contribution in [2.75, 3.05) is 0 Å². The average Bonchev–Trinajstić information content (AvgIpc) is 2.44. The van der Waals surface area contributed by atoms with Gasteiger partial charge in [-0.1, -0.05) is 18.2 Å². The lowest BCUT2D eigenvalue weighted by molar-refractivity contribution is -0.137. The van der Waals surface area contributed by atoms with Crippen molar-refractivity contribution in [1.82, 2.24) is 0 Å². The van der Waals surface area contributed by atoms with Crippen LogP contribution in [0.25, 0.3) is 11.1 Å². The van der Waals surface area contributed by atoms with Crippen molar-refractivity contribution in [1.29, 1.82) is 0 Å². The van der Waals surface area contributed by atoms with Gasteiger partial charge in [-0.25, -0.2) is 0 Å². The van der Waals surface area contributed by atoms with Gasteiger partial charge in [0.1, 0.15) is 0 Å². The maximum Gasteiger partial charge on any atom is 0.417 e. The van der Waals surface area contributed by atoms with Crippen molar-refractivity contribution in [3.63, 3.8) is 0 Å². The summed E-state index contributed by atoms with van der Waals surface area (Å²) in [7, 11) is 0. The lowest BCUT2D eigenvalue weighted by atomic mass is 9.93. The van der Waals surface area contributed by atoms with Crippen molar-refractivity contribution in [3.05, 3.63) is 59.2 Å². The van der Waals surface area contributed by atoms with Crippen LogP contribution in [0.4, 0.5) is 26.3 Å². The largest absolute Gasteiger partial charge is 0.417 e. The molecule has 0 saturated carbocycles. The molecule has 0 radical (unpaired) electrons. The quantitative estimate of drug-likeness (QED) is 0.495. The van der Waals surface area contributed by atoms with Crippen LogP contribution < -0.4 is 0 Å². The van der Waals surface area contributed by atoms with Gasteiger partial charge in [-0.3, -0.25) is 4.79 Å². The third-order valence-corrected chi connectivity index (χ3v) is 3.26. The summed E-state index contributed by atoms with van der Waals surface area (Å²) in [6.07, 6.45) is -9.58. The van der Waals surface area contributed by atoms with Crippen LogP contribution in [0.1, 0.15) is 21.5 Å². The second-order valence-corrected chi connectivity index (χ2v) is 4.92. The van der Waals surface area contributed by atoms with Crippen LogP contribution in [0.15, 0.2) is 42.5 Å². The van der Waals surface area contributed by atoms with E-state index >= 15 is 0 Å². The van der Waals surface area contributed by atoms with Crippen LogP contribution in [0, 0.1) is 0 Å². The summed E-state index contributed by atoms with van der Waals surface area (Å²) in [4.78, 5) is 11.4. The standard InChI is InChI=1S/C15H7ClF6O/c16-13(23)10-5-2-6-11(15(20,21)22)12(10)8-3-1-4-9(7-8)14(17,18)19/h1-7H. The fourth-order valence-corrected chi connectivity index (χ4v) is 2.27. The highest BCUT2D eigenvalue weighted by Gasteiger charge is 2.36. The predicted molar refractivity (Wildman–Crippen MR) is 72.1 cm³/mol. The Morgan fingerprint density at radius 1 is 0.870 bits per heavy atom. The lowest BCUT2D eigenvalue weighted by Gasteiger charge is -2.16. The number of carbonyl (C=O) groups excluding carboxylic acids is 1. The zero-order chi connectivity index (χ0) is 17.4. The van der Waals surface area contributed by atoms with Crippen molar-refractivity contribution < 1.29 is 31.1 Å². The number of hydrogen-bond acceptors (Lipinski definition) is 1.